The van der Waals surface area contributed by atoms with Gasteiger partial charge in [0, 0.05) is 17.4 Å². The van der Waals surface area contributed by atoms with E-state index in [0.717, 1.165) is 22.4 Å². The molecule has 0 saturated carbocycles. The van der Waals surface area contributed by atoms with E-state index in [1.54, 1.807) is 24.3 Å². The van der Waals surface area contributed by atoms with Crippen LogP contribution in [0.2, 0.25) is 0 Å². The minimum Gasteiger partial charge on any atom is -0.302 e. The first kappa shape index (κ1) is 20.2. The second-order valence-electron chi connectivity index (χ2n) is 6.73. The lowest BCUT2D eigenvalue weighted by atomic mass is 10.0. The molecule has 2 aromatic carbocycles. The molecule has 1 amide bonds. The predicted molar refractivity (Wildman–Crippen MR) is 114 cm³/mol. The molecule has 0 atom stereocenters. The molecule has 146 valence electrons. The van der Waals surface area contributed by atoms with Gasteiger partial charge in [0.15, 0.2) is 15.0 Å². The van der Waals surface area contributed by atoms with Gasteiger partial charge in [0.1, 0.15) is 0 Å². The Morgan fingerprint density at radius 3 is 2.57 bits per heavy atom. The largest absolute Gasteiger partial charge is 0.302 e. The second kappa shape index (κ2) is 8.67. The summed E-state index contributed by atoms with van der Waals surface area (Å²) in [5.74, 6) is -0.601. The zero-order valence-electron chi connectivity index (χ0n) is 15.8. The number of hydrogen-bond donors (Lipinski definition) is 1. The summed E-state index contributed by atoms with van der Waals surface area (Å²) in [6.45, 7) is 4.06. The number of thiazole rings is 1. The lowest BCUT2D eigenvalue weighted by Gasteiger charge is -2.05. The first-order valence-corrected chi connectivity index (χ1v) is 11.6. The Kier molecular flexibility index (Phi) is 6.26. The highest BCUT2D eigenvalue weighted by atomic mass is 32.2. The molecular formula is C21H22N2O3S2. The van der Waals surface area contributed by atoms with Gasteiger partial charge >= 0.3 is 0 Å². The molecule has 5 nitrogen and oxygen atoms in total. The van der Waals surface area contributed by atoms with Crippen LogP contribution in [0.25, 0.3) is 11.3 Å². The highest BCUT2D eigenvalue weighted by molar-refractivity contribution is 7.90. The van der Waals surface area contributed by atoms with Crippen molar-refractivity contribution in [2.45, 2.75) is 26.0 Å². The summed E-state index contributed by atoms with van der Waals surface area (Å²) in [7, 11) is -3.35. The maximum atomic E-state index is 12.2. The first-order chi connectivity index (χ1) is 13.3. The summed E-state index contributed by atoms with van der Waals surface area (Å²) in [5.41, 5.74) is 4.85. The second-order valence-corrected chi connectivity index (χ2v) is 9.77. The molecule has 0 unspecified atom stereocenters. The number of carbonyl (C=O) groups is 1. The minimum absolute atomic E-state index is 0.0603. The third-order valence-corrected chi connectivity index (χ3v) is 6.63. The minimum atomic E-state index is -3.35. The molecule has 7 heteroatoms. The molecule has 1 heterocycles. The van der Waals surface area contributed by atoms with Crippen molar-refractivity contribution >= 4 is 32.2 Å². The molecule has 3 aromatic rings. The van der Waals surface area contributed by atoms with Gasteiger partial charge in [-0.2, -0.15) is 0 Å². The zero-order chi connectivity index (χ0) is 20.1. The summed E-state index contributed by atoms with van der Waals surface area (Å²) < 4.78 is 24.4. The van der Waals surface area contributed by atoms with E-state index in [1.807, 2.05) is 37.4 Å². The van der Waals surface area contributed by atoms with Crippen LogP contribution in [-0.4, -0.2) is 25.1 Å². The lowest BCUT2D eigenvalue weighted by molar-refractivity contribution is -0.115. The molecule has 0 saturated heterocycles. The van der Waals surface area contributed by atoms with Crippen LogP contribution in [0.5, 0.6) is 0 Å². The fraction of sp³-hybridized carbons (Fsp3) is 0.238. The Hall–Kier alpha value is -2.51. The average Bonchev–Trinajstić information content (AvgIpc) is 3.09. The van der Waals surface area contributed by atoms with Crippen molar-refractivity contribution in [2.75, 3.05) is 11.1 Å². The van der Waals surface area contributed by atoms with Crippen LogP contribution in [-0.2, 0) is 20.4 Å². The van der Waals surface area contributed by atoms with Crippen molar-refractivity contribution in [1.29, 1.82) is 0 Å². The summed E-state index contributed by atoms with van der Waals surface area (Å²) in [6.07, 6.45) is -0.0896. The van der Waals surface area contributed by atoms with Crippen LogP contribution in [0, 0.1) is 13.8 Å². The fourth-order valence-corrected chi connectivity index (χ4v) is 4.95. The van der Waals surface area contributed by atoms with Crippen LogP contribution in [0.15, 0.2) is 53.9 Å². The summed E-state index contributed by atoms with van der Waals surface area (Å²) in [6, 6.07) is 15.1. The number of sulfone groups is 1. The Labute approximate surface area is 169 Å². The van der Waals surface area contributed by atoms with E-state index in [0.29, 0.717) is 5.13 Å². The molecule has 28 heavy (non-hydrogen) atoms. The fourth-order valence-electron chi connectivity index (χ4n) is 2.89. The van der Waals surface area contributed by atoms with Crippen LogP contribution < -0.4 is 5.32 Å². The van der Waals surface area contributed by atoms with Crippen molar-refractivity contribution in [3.8, 4) is 11.3 Å². The number of aromatic nitrogens is 1. The topological polar surface area (TPSA) is 76.1 Å². The van der Waals surface area contributed by atoms with E-state index in [2.05, 4.69) is 16.4 Å². The molecule has 0 spiro atoms. The number of anilines is 1. The van der Waals surface area contributed by atoms with Gasteiger partial charge < -0.3 is 5.32 Å². The predicted octanol–water partition coefficient (Wildman–Crippen LogP) is 4.37. The van der Waals surface area contributed by atoms with E-state index in [9.17, 15) is 13.2 Å². The number of rotatable bonds is 7. The van der Waals surface area contributed by atoms with E-state index in [-0.39, 0.29) is 23.8 Å². The number of carbonyl (C=O) groups excluding carboxylic acids is 1. The quantitative estimate of drug-likeness (QED) is 0.623. The highest BCUT2D eigenvalue weighted by Crippen LogP contribution is 2.28. The number of nitrogens with one attached hydrogen (secondary N) is 1. The first-order valence-electron chi connectivity index (χ1n) is 8.90. The van der Waals surface area contributed by atoms with Crippen LogP contribution >= 0.6 is 11.3 Å². The number of aryl methyl sites for hydroxylation is 2. The number of benzene rings is 2. The molecule has 1 N–H and O–H groups in total. The molecule has 0 aliphatic rings. The zero-order valence-corrected chi connectivity index (χ0v) is 17.4. The van der Waals surface area contributed by atoms with Crippen molar-refractivity contribution in [2.24, 2.45) is 0 Å². The number of hydrogen-bond acceptors (Lipinski definition) is 5. The number of nitrogens with zero attached hydrogens (tertiary/aromatic N) is 1. The maximum Gasteiger partial charge on any atom is 0.227 e. The lowest BCUT2D eigenvalue weighted by Crippen LogP contribution is -2.18. The Bertz CT molecular complexity index is 1070. The van der Waals surface area contributed by atoms with Gasteiger partial charge in [-0.1, -0.05) is 54.1 Å². The van der Waals surface area contributed by atoms with E-state index >= 15 is 0 Å². The van der Waals surface area contributed by atoms with E-state index < -0.39 is 9.84 Å². The van der Waals surface area contributed by atoms with Crippen molar-refractivity contribution < 1.29 is 13.2 Å². The molecule has 1 aromatic heterocycles. The molecule has 0 aliphatic carbocycles. The van der Waals surface area contributed by atoms with Crippen molar-refractivity contribution in [3.05, 3.63) is 70.6 Å². The van der Waals surface area contributed by atoms with E-state index in [1.165, 1.54) is 16.9 Å². The van der Waals surface area contributed by atoms with Gasteiger partial charge in [0.05, 0.1) is 17.2 Å². The summed E-state index contributed by atoms with van der Waals surface area (Å²) in [5, 5.41) is 5.06. The Morgan fingerprint density at radius 2 is 1.86 bits per heavy atom. The SMILES string of the molecule is Cc1ccc(-c2csc(NC(=O)CCS(=O)(=O)Cc3ccccc3)n2)c(C)c1. The van der Waals surface area contributed by atoms with Gasteiger partial charge in [-0.25, -0.2) is 13.4 Å². The molecule has 3 rings (SSSR count). The van der Waals surface area contributed by atoms with Crippen molar-refractivity contribution in [3.63, 3.8) is 0 Å². The maximum absolute atomic E-state index is 12.2. The summed E-state index contributed by atoms with van der Waals surface area (Å²) in [4.78, 5) is 16.6. The Balaban J connectivity index is 1.57. The van der Waals surface area contributed by atoms with Gasteiger partial charge in [-0.05, 0) is 25.0 Å². The monoisotopic (exact) mass is 414 g/mol. The van der Waals surface area contributed by atoms with Gasteiger partial charge in [-0.15, -0.1) is 11.3 Å². The molecule has 0 bridgehead atoms. The van der Waals surface area contributed by atoms with Crippen molar-refractivity contribution in [1.82, 2.24) is 4.98 Å². The van der Waals surface area contributed by atoms with Gasteiger partial charge in [-0.3, -0.25) is 4.79 Å². The standard InChI is InChI=1S/C21H22N2O3S2/c1-15-8-9-18(16(2)12-15)19-13-27-21(22-19)23-20(24)10-11-28(25,26)14-17-6-4-3-5-7-17/h3-9,12-13H,10-11,14H2,1-2H3,(H,22,23,24). The Morgan fingerprint density at radius 1 is 1.11 bits per heavy atom. The smallest absolute Gasteiger partial charge is 0.227 e. The number of amides is 1. The molecule has 0 aliphatic heterocycles. The normalized spacial score (nSPS) is 11.4. The highest BCUT2D eigenvalue weighted by Gasteiger charge is 2.16. The third-order valence-electron chi connectivity index (χ3n) is 4.28. The molecular weight excluding hydrogens is 392 g/mol. The average molecular weight is 415 g/mol. The molecule has 0 fully saturated rings. The van der Waals surface area contributed by atoms with Crippen LogP contribution in [0.4, 0.5) is 5.13 Å². The molecule has 0 radical (unpaired) electrons. The summed E-state index contributed by atoms with van der Waals surface area (Å²) >= 11 is 1.33. The van der Waals surface area contributed by atoms with Crippen LogP contribution in [0.1, 0.15) is 23.1 Å². The van der Waals surface area contributed by atoms with Gasteiger partial charge in [0.25, 0.3) is 0 Å². The third kappa shape index (κ3) is 5.50. The van der Waals surface area contributed by atoms with E-state index in [4.69, 9.17) is 0 Å². The van der Waals surface area contributed by atoms with Gasteiger partial charge in [0.2, 0.25) is 5.91 Å². The van der Waals surface area contributed by atoms with Crippen LogP contribution in [0.3, 0.4) is 0 Å².